The third-order valence-corrected chi connectivity index (χ3v) is 2.06. The van der Waals surface area contributed by atoms with Gasteiger partial charge in [0.1, 0.15) is 5.82 Å². The second-order valence-corrected chi connectivity index (χ2v) is 4.64. The first-order chi connectivity index (χ1) is 7.08. The van der Waals surface area contributed by atoms with Crippen LogP contribution in [-0.2, 0) is 13.0 Å². The van der Waals surface area contributed by atoms with Crippen molar-refractivity contribution in [2.45, 2.75) is 46.7 Å². The molecule has 0 fully saturated rings. The molecule has 0 bridgehead atoms. The van der Waals surface area contributed by atoms with Gasteiger partial charge in [-0.1, -0.05) is 27.7 Å². The maximum atomic E-state index is 4.35. The summed E-state index contributed by atoms with van der Waals surface area (Å²) >= 11 is 0. The van der Waals surface area contributed by atoms with Gasteiger partial charge in [-0.2, -0.15) is 0 Å². The van der Waals surface area contributed by atoms with Crippen LogP contribution in [0.4, 0.5) is 0 Å². The van der Waals surface area contributed by atoms with E-state index in [1.165, 1.54) is 0 Å². The van der Waals surface area contributed by atoms with Crippen molar-refractivity contribution in [1.82, 2.24) is 15.3 Å². The van der Waals surface area contributed by atoms with Crippen molar-refractivity contribution >= 4 is 0 Å². The molecule has 0 atom stereocenters. The van der Waals surface area contributed by atoms with Crippen LogP contribution in [0.2, 0.25) is 0 Å². The number of aromatic nitrogens is 2. The van der Waals surface area contributed by atoms with Crippen LogP contribution in [-0.4, -0.2) is 16.0 Å². The highest BCUT2D eigenvalue weighted by Crippen LogP contribution is 2.03. The molecule has 15 heavy (non-hydrogen) atoms. The maximum Gasteiger partial charge on any atom is 0.128 e. The number of hydrogen-bond acceptors (Lipinski definition) is 3. The lowest BCUT2D eigenvalue weighted by Gasteiger charge is -2.08. The lowest BCUT2D eigenvalue weighted by Crippen LogP contribution is -2.22. The second kappa shape index (κ2) is 5.81. The van der Waals surface area contributed by atoms with Crippen molar-refractivity contribution in [3.63, 3.8) is 0 Å². The van der Waals surface area contributed by atoms with Gasteiger partial charge in [0, 0.05) is 37.0 Å². The van der Waals surface area contributed by atoms with E-state index in [0.717, 1.165) is 24.4 Å². The van der Waals surface area contributed by atoms with Crippen molar-refractivity contribution in [1.29, 1.82) is 0 Å². The number of nitrogens with one attached hydrogen (secondary N) is 1. The van der Waals surface area contributed by atoms with E-state index in [2.05, 4.69) is 43.0 Å². The van der Waals surface area contributed by atoms with Crippen molar-refractivity contribution in [3.05, 3.63) is 23.8 Å². The maximum absolute atomic E-state index is 4.35. The fourth-order valence-corrected chi connectivity index (χ4v) is 1.27. The molecule has 0 aliphatic rings. The molecule has 84 valence electrons. The molecule has 0 aliphatic carbocycles. The van der Waals surface area contributed by atoms with Crippen LogP contribution >= 0.6 is 0 Å². The molecular weight excluding hydrogens is 186 g/mol. The Hall–Kier alpha value is -0.960. The minimum Gasteiger partial charge on any atom is -0.310 e. The molecule has 0 unspecified atom stereocenters. The van der Waals surface area contributed by atoms with Gasteiger partial charge in [0.05, 0.1) is 0 Å². The average molecular weight is 207 g/mol. The third-order valence-electron chi connectivity index (χ3n) is 2.06. The van der Waals surface area contributed by atoms with E-state index in [1.807, 2.05) is 12.4 Å². The van der Waals surface area contributed by atoms with Crippen LogP contribution in [0.3, 0.4) is 0 Å². The van der Waals surface area contributed by atoms with Crippen LogP contribution < -0.4 is 5.32 Å². The van der Waals surface area contributed by atoms with Crippen LogP contribution in [0.1, 0.15) is 39.1 Å². The zero-order valence-electron chi connectivity index (χ0n) is 10.1. The first-order valence-electron chi connectivity index (χ1n) is 5.61. The molecule has 0 aromatic carbocycles. The Morgan fingerprint density at radius 1 is 1.13 bits per heavy atom. The van der Waals surface area contributed by atoms with Crippen molar-refractivity contribution < 1.29 is 0 Å². The van der Waals surface area contributed by atoms with Gasteiger partial charge in [-0.3, -0.25) is 0 Å². The molecule has 1 N–H and O–H groups in total. The van der Waals surface area contributed by atoms with Gasteiger partial charge in [-0.05, 0) is 5.92 Å². The van der Waals surface area contributed by atoms with E-state index in [-0.39, 0.29) is 0 Å². The Balaban J connectivity index is 2.49. The third kappa shape index (κ3) is 4.88. The van der Waals surface area contributed by atoms with Gasteiger partial charge in [0.2, 0.25) is 0 Å². The van der Waals surface area contributed by atoms with Crippen LogP contribution in [0.25, 0.3) is 0 Å². The Morgan fingerprint density at radius 3 is 2.20 bits per heavy atom. The topological polar surface area (TPSA) is 37.8 Å². The summed E-state index contributed by atoms with van der Waals surface area (Å²) in [6.45, 7) is 9.47. The fourth-order valence-electron chi connectivity index (χ4n) is 1.27. The Labute approximate surface area is 92.3 Å². The summed E-state index contributed by atoms with van der Waals surface area (Å²) in [6.07, 6.45) is 4.79. The molecule has 1 aromatic rings. The quantitative estimate of drug-likeness (QED) is 0.804. The number of rotatable bonds is 5. The lowest BCUT2D eigenvalue weighted by molar-refractivity contribution is 0.583. The summed E-state index contributed by atoms with van der Waals surface area (Å²) in [7, 11) is 0. The Kier molecular flexibility index (Phi) is 4.69. The molecule has 3 nitrogen and oxygen atoms in total. The number of hydrogen-bond donors (Lipinski definition) is 1. The Bertz CT molecular complexity index is 277. The van der Waals surface area contributed by atoms with Crippen molar-refractivity contribution in [2.75, 3.05) is 0 Å². The van der Waals surface area contributed by atoms with E-state index in [1.54, 1.807) is 0 Å². The van der Waals surface area contributed by atoms with Gasteiger partial charge in [-0.25, -0.2) is 9.97 Å². The van der Waals surface area contributed by atoms with E-state index < -0.39 is 0 Å². The molecule has 1 aromatic heterocycles. The zero-order chi connectivity index (χ0) is 11.3. The lowest BCUT2D eigenvalue weighted by atomic mass is 10.1. The van der Waals surface area contributed by atoms with E-state index in [4.69, 9.17) is 0 Å². The molecule has 0 radical (unpaired) electrons. The van der Waals surface area contributed by atoms with Gasteiger partial charge in [-0.15, -0.1) is 0 Å². The summed E-state index contributed by atoms with van der Waals surface area (Å²) in [5, 5.41) is 3.34. The van der Waals surface area contributed by atoms with Gasteiger partial charge in [0.25, 0.3) is 0 Å². The minimum atomic E-state index is 0.500. The molecule has 0 saturated heterocycles. The first-order valence-corrected chi connectivity index (χ1v) is 5.61. The van der Waals surface area contributed by atoms with Gasteiger partial charge >= 0.3 is 0 Å². The number of nitrogens with zero attached hydrogens (tertiary/aromatic N) is 2. The van der Waals surface area contributed by atoms with Crippen molar-refractivity contribution in [3.8, 4) is 0 Å². The molecule has 3 heteroatoms. The summed E-state index contributed by atoms with van der Waals surface area (Å²) in [5.41, 5.74) is 1.15. The predicted octanol–water partition coefficient (Wildman–Crippen LogP) is 2.17. The van der Waals surface area contributed by atoms with Gasteiger partial charge < -0.3 is 5.32 Å². The van der Waals surface area contributed by atoms with Crippen LogP contribution in [0.15, 0.2) is 12.4 Å². The monoisotopic (exact) mass is 207 g/mol. The zero-order valence-corrected chi connectivity index (χ0v) is 10.1. The SMILES string of the molecule is CC(C)Cc1ncc(CNC(C)C)cn1. The highest BCUT2D eigenvalue weighted by atomic mass is 14.9. The van der Waals surface area contributed by atoms with E-state index in [9.17, 15) is 0 Å². The molecular formula is C12H21N3. The largest absolute Gasteiger partial charge is 0.310 e. The normalized spacial score (nSPS) is 11.3. The molecule has 0 aliphatic heterocycles. The molecule has 0 saturated carbocycles. The van der Waals surface area contributed by atoms with E-state index in [0.29, 0.717) is 12.0 Å². The fraction of sp³-hybridized carbons (Fsp3) is 0.667. The smallest absolute Gasteiger partial charge is 0.128 e. The first kappa shape index (κ1) is 12.1. The van der Waals surface area contributed by atoms with E-state index >= 15 is 0 Å². The minimum absolute atomic E-state index is 0.500. The van der Waals surface area contributed by atoms with Crippen LogP contribution in [0, 0.1) is 5.92 Å². The summed E-state index contributed by atoms with van der Waals surface area (Å²) < 4.78 is 0. The molecule has 1 rings (SSSR count). The predicted molar refractivity (Wildman–Crippen MR) is 62.5 cm³/mol. The molecule has 1 heterocycles. The average Bonchev–Trinajstić information content (AvgIpc) is 2.16. The van der Waals surface area contributed by atoms with Crippen molar-refractivity contribution in [2.24, 2.45) is 5.92 Å². The highest BCUT2D eigenvalue weighted by molar-refractivity contribution is 5.05. The molecule has 0 amide bonds. The summed E-state index contributed by atoms with van der Waals surface area (Å²) in [5.74, 6) is 1.56. The van der Waals surface area contributed by atoms with Crippen LogP contribution in [0.5, 0.6) is 0 Å². The summed E-state index contributed by atoms with van der Waals surface area (Å²) in [4.78, 5) is 8.69. The second-order valence-electron chi connectivity index (χ2n) is 4.64. The standard InChI is InChI=1S/C12H21N3/c1-9(2)5-12-14-7-11(8-15-12)6-13-10(3)4/h7-10,13H,5-6H2,1-4H3. The Morgan fingerprint density at radius 2 is 1.73 bits per heavy atom. The van der Waals surface area contributed by atoms with Gasteiger partial charge in [0.15, 0.2) is 0 Å². The highest BCUT2D eigenvalue weighted by Gasteiger charge is 2.01. The molecule has 0 spiro atoms. The summed E-state index contributed by atoms with van der Waals surface area (Å²) in [6, 6.07) is 0.500.